The maximum Gasteiger partial charge on any atom is 0.139 e. The van der Waals surface area contributed by atoms with Crippen molar-refractivity contribution in [2.45, 2.75) is 70.8 Å². The predicted molar refractivity (Wildman–Crippen MR) is 87.4 cm³/mol. The van der Waals surface area contributed by atoms with Crippen molar-refractivity contribution >= 4 is 21.7 Å². The van der Waals surface area contributed by atoms with Gasteiger partial charge < -0.3 is 5.32 Å². The van der Waals surface area contributed by atoms with Gasteiger partial charge in [0.25, 0.3) is 0 Å². The Labute approximate surface area is 130 Å². The van der Waals surface area contributed by atoms with Crippen molar-refractivity contribution < 1.29 is 0 Å². The Morgan fingerprint density at radius 3 is 2.80 bits per heavy atom. The molecule has 0 amide bonds. The van der Waals surface area contributed by atoms with Crippen LogP contribution in [0.15, 0.2) is 4.47 Å². The first kappa shape index (κ1) is 14.4. The molecule has 0 aromatic carbocycles. The highest BCUT2D eigenvalue weighted by molar-refractivity contribution is 9.10. The third-order valence-corrected chi connectivity index (χ3v) is 5.66. The van der Waals surface area contributed by atoms with Gasteiger partial charge in [-0.25, -0.2) is 4.68 Å². The number of halogens is 1. The molecule has 3 rings (SSSR count). The Morgan fingerprint density at radius 2 is 2.15 bits per heavy atom. The summed E-state index contributed by atoms with van der Waals surface area (Å²) in [7, 11) is 0. The Balaban J connectivity index is 1.88. The molecule has 1 aliphatic carbocycles. The van der Waals surface area contributed by atoms with E-state index >= 15 is 0 Å². The number of unbranched alkanes of at least 4 members (excludes halogenated alkanes) is 1. The number of nitrogens with one attached hydrogen (secondary N) is 1. The number of hydrogen-bond donors (Lipinski definition) is 1. The lowest BCUT2D eigenvalue weighted by atomic mass is 9.96. The fraction of sp³-hybridized carbons (Fsp3) is 0.812. The zero-order valence-electron chi connectivity index (χ0n) is 12.7. The fourth-order valence-electron chi connectivity index (χ4n) is 3.45. The van der Waals surface area contributed by atoms with Gasteiger partial charge in [-0.2, -0.15) is 5.10 Å². The van der Waals surface area contributed by atoms with E-state index < -0.39 is 0 Å². The molecule has 4 heteroatoms. The number of anilines is 1. The maximum atomic E-state index is 5.02. The van der Waals surface area contributed by atoms with Gasteiger partial charge in [-0.05, 0) is 54.0 Å². The minimum absolute atomic E-state index is 0.601. The molecule has 2 atom stereocenters. The quantitative estimate of drug-likeness (QED) is 0.781. The molecule has 2 unspecified atom stereocenters. The summed E-state index contributed by atoms with van der Waals surface area (Å²) in [5.41, 5.74) is 1.29. The Kier molecular flexibility index (Phi) is 4.39. The van der Waals surface area contributed by atoms with Crippen LogP contribution in [0.25, 0.3) is 0 Å². The first-order chi connectivity index (χ1) is 9.76. The molecule has 1 saturated carbocycles. The van der Waals surface area contributed by atoms with Gasteiger partial charge in [0.2, 0.25) is 0 Å². The van der Waals surface area contributed by atoms with Gasteiger partial charge in [-0.1, -0.05) is 26.7 Å². The van der Waals surface area contributed by atoms with E-state index in [-0.39, 0.29) is 0 Å². The molecule has 0 spiro atoms. The summed E-state index contributed by atoms with van der Waals surface area (Å²) in [5, 5.41) is 8.58. The van der Waals surface area contributed by atoms with Crippen LogP contribution in [-0.4, -0.2) is 16.3 Å². The second kappa shape index (κ2) is 6.08. The summed E-state index contributed by atoms with van der Waals surface area (Å²) in [6, 6.07) is 0.639. The topological polar surface area (TPSA) is 29.9 Å². The molecular formula is C16H26BrN3. The zero-order chi connectivity index (χ0) is 14.1. The second-order valence-corrected chi connectivity index (χ2v) is 7.15. The molecule has 0 saturated heterocycles. The van der Waals surface area contributed by atoms with Crippen LogP contribution in [0.4, 0.5) is 5.82 Å². The summed E-state index contributed by atoms with van der Waals surface area (Å²) in [6.07, 6.45) is 9.03. The fourth-order valence-corrected chi connectivity index (χ4v) is 4.18. The lowest BCUT2D eigenvalue weighted by Gasteiger charge is -2.25. The van der Waals surface area contributed by atoms with Gasteiger partial charge in [0.05, 0.1) is 16.2 Å². The van der Waals surface area contributed by atoms with Crippen molar-refractivity contribution in [3.8, 4) is 0 Å². The average molecular weight is 340 g/mol. The number of fused-ring (bicyclic) bond motifs is 1. The van der Waals surface area contributed by atoms with E-state index in [2.05, 4.69) is 39.8 Å². The van der Waals surface area contributed by atoms with Gasteiger partial charge in [0.1, 0.15) is 5.82 Å². The van der Waals surface area contributed by atoms with Crippen LogP contribution in [0.5, 0.6) is 0 Å². The zero-order valence-corrected chi connectivity index (χ0v) is 14.2. The second-order valence-electron chi connectivity index (χ2n) is 6.36. The van der Waals surface area contributed by atoms with Gasteiger partial charge in [-0.3, -0.25) is 0 Å². The normalized spacial score (nSPS) is 23.2. The molecule has 1 aromatic heterocycles. The van der Waals surface area contributed by atoms with Crippen molar-refractivity contribution in [1.29, 1.82) is 0 Å². The molecule has 2 heterocycles. The first-order valence-corrected chi connectivity index (χ1v) is 9.07. The SMILES string of the molecule is CCCCC(CC)c1nn2c(c1Br)NCCC2C1CC1. The van der Waals surface area contributed by atoms with Gasteiger partial charge >= 0.3 is 0 Å². The van der Waals surface area contributed by atoms with Crippen molar-refractivity contribution in [3.05, 3.63) is 10.2 Å². The van der Waals surface area contributed by atoms with Crippen LogP contribution in [-0.2, 0) is 0 Å². The van der Waals surface area contributed by atoms with Crippen LogP contribution < -0.4 is 5.32 Å². The Hall–Kier alpha value is -0.510. The van der Waals surface area contributed by atoms with E-state index in [1.54, 1.807) is 0 Å². The van der Waals surface area contributed by atoms with Crippen LogP contribution in [0.3, 0.4) is 0 Å². The van der Waals surface area contributed by atoms with Crippen molar-refractivity contribution in [1.82, 2.24) is 9.78 Å². The van der Waals surface area contributed by atoms with Crippen molar-refractivity contribution in [2.24, 2.45) is 5.92 Å². The van der Waals surface area contributed by atoms with Crippen LogP contribution in [0.1, 0.15) is 76.4 Å². The molecule has 1 fully saturated rings. The van der Waals surface area contributed by atoms with Crippen molar-refractivity contribution in [3.63, 3.8) is 0 Å². The lowest BCUT2D eigenvalue weighted by Crippen LogP contribution is -2.25. The molecule has 1 N–H and O–H groups in total. The largest absolute Gasteiger partial charge is 0.369 e. The summed E-state index contributed by atoms with van der Waals surface area (Å²) >= 11 is 3.82. The third kappa shape index (κ3) is 2.63. The Bertz CT molecular complexity index is 465. The standard InChI is InChI=1S/C16H26BrN3/c1-3-5-6-11(4-2)15-14(17)16-18-10-9-13(12-7-8-12)20(16)19-15/h11-13,18H,3-10H2,1-2H3. The molecule has 1 aromatic rings. The minimum Gasteiger partial charge on any atom is -0.369 e. The van der Waals surface area contributed by atoms with Gasteiger partial charge in [-0.15, -0.1) is 0 Å². The van der Waals surface area contributed by atoms with Gasteiger partial charge in [0, 0.05) is 12.5 Å². The monoisotopic (exact) mass is 339 g/mol. The highest BCUT2D eigenvalue weighted by atomic mass is 79.9. The number of hydrogen-bond acceptors (Lipinski definition) is 2. The van der Waals surface area contributed by atoms with E-state index in [1.807, 2.05) is 0 Å². The first-order valence-electron chi connectivity index (χ1n) is 8.28. The highest BCUT2D eigenvalue weighted by Gasteiger charge is 2.37. The number of aromatic nitrogens is 2. The molecule has 1 aliphatic heterocycles. The molecule has 0 radical (unpaired) electrons. The van der Waals surface area contributed by atoms with Crippen LogP contribution >= 0.6 is 15.9 Å². The number of nitrogens with zero attached hydrogens (tertiary/aromatic N) is 2. The molecule has 3 nitrogen and oxygen atoms in total. The molecule has 0 bridgehead atoms. The van der Waals surface area contributed by atoms with E-state index in [4.69, 9.17) is 5.10 Å². The van der Waals surface area contributed by atoms with E-state index in [0.29, 0.717) is 12.0 Å². The average Bonchev–Trinajstić information content (AvgIpc) is 3.26. The maximum absolute atomic E-state index is 5.02. The lowest BCUT2D eigenvalue weighted by molar-refractivity contribution is 0.370. The summed E-state index contributed by atoms with van der Waals surface area (Å²) < 4.78 is 3.53. The molecular weight excluding hydrogens is 314 g/mol. The summed E-state index contributed by atoms with van der Waals surface area (Å²) in [4.78, 5) is 0. The number of rotatable bonds is 6. The predicted octanol–water partition coefficient (Wildman–Crippen LogP) is 5.10. The minimum atomic E-state index is 0.601. The van der Waals surface area contributed by atoms with Crippen LogP contribution in [0.2, 0.25) is 0 Å². The summed E-state index contributed by atoms with van der Waals surface area (Å²) in [6.45, 7) is 5.65. The van der Waals surface area contributed by atoms with Crippen molar-refractivity contribution in [2.75, 3.05) is 11.9 Å². The van der Waals surface area contributed by atoms with Gasteiger partial charge in [0.15, 0.2) is 0 Å². The Morgan fingerprint density at radius 1 is 1.35 bits per heavy atom. The molecule has 112 valence electrons. The van der Waals surface area contributed by atoms with E-state index in [9.17, 15) is 0 Å². The van der Waals surface area contributed by atoms with Crippen LogP contribution in [0, 0.1) is 5.92 Å². The molecule has 2 aliphatic rings. The van der Waals surface area contributed by atoms with E-state index in [1.165, 1.54) is 60.9 Å². The summed E-state index contributed by atoms with van der Waals surface area (Å²) in [5.74, 6) is 2.72. The van der Waals surface area contributed by atoms with E-state index in [0.717, 1.165) is 12.5 Å². The smallest absolute Gasteiger partial charge is 0.139 e. The third-order valence-electron chi connectivity index (χ3n) is 4.88. The highest BCUT2D eigenvalue weighted by Crippen LogP contribution is 2.47. The molecule has 20 heavy (non-hydrogen) atoms.